The van der Waals surface area contributed by atoms with Crippen molar-refractivity contribution in [3.8, 4) is 0 Å². The first kappa shape index (κ1) is 9.97. The van der Waals surface area contributed by atoms with Crippen molar-refractivity contribution < 1.29 is 14.3 Å². The van der Waals surface area contributed by atoms with Crippen LogP contribution in [0.1, 0.15) is 19.3 Å². The maximum Gasteiger partial charge on any atom is 0.309 e. The lowest BCUT2D eigenvalue weighted by atomic mass is 9.80. The Hall–Kier alpha value is -0.570. The van der Waals surface area contributed by atoms with Crippen molar-refractivity contribution >= 4 is 22.8 Å². The molecule has 0 amide bonds. The smallest absolute Gasteiger partial charge is 0.309 e. The zero-order chi connectivity index (χ0) is 10.3. The van der Waals surface area contributed by atoms with Gasteiger partial charge in [0.2, 0.25) is 5.24 Å². The highest BCUT2D eigenvalue weighted by atomic mass is 35.5. The van der Waals surface area contributed by atoms with Gasteiger partial charge in [0.1, 0.15) is 0 Å². The molecule has 0 aromatic carbocycles. The second-order valence-electron chi connectivity index (χ2n) is 4.21. The third-order valence-corrected chi connectivity index (χ3v) is 3.90. The third kappa shape index (κ3) is 1.34. The first-order valence-corrected chi connectivity index (χ1v) is 5.30. The number of ether oxygens (including phenoxy) is 1. The zero-order valence-corrected chi connectivity index (χ0v) is 8.79. The van der Waals surface area contributed by atoms with Crippen molar-refractivity contribution in [1.82, 2.24) is 0 Å². The van der Waals surface area contributed by atoms with Crippen molar-refractivity contribution in [3.63, 3.8) is 0 Å². The lowest BCUT2D eigenvalue weighted by molar-refractivity contribution is -0.151. The normalized spacial score (nSPS) is 39.9. The minimum atomic E-state index is -0.368. The molecule has 2 fully saturated rings. The second kappa shape index (κ2) is 3.54. The maximum absolute atomic E-state index is 11.5. The molecule has 2 bridgehead atoms. The van der Waals surface area contributed by atoms with Crippen molar-refractivity contribution in [2.75, 3.05) is 7.11 Å². The van der Waals surface area contributed by atoms with Crippen LogP contribution in [0.3, 0.4) is 0 Å². The number of esters is 1. The molecule has 14 heavy (non-hydrogen) atoms. The van der Waals surface area contributed by atoms with Gasteiger partial charge in [0.25, 0.3) is 0 Å². The Morgan fingerprint density at radius 3 is 2.29 bits per heavy atom. The van der Waals surface area contributed by atoms with Crippen LogP contribution in [0.2, 0.25) is 0 Å². The van der Waals surface area contributed by atoms with Gasteiger partial charge in [0.05, 0.1) is 13.0 Å². The molecule has 2 aliphatic rings. The number of fused-ring (bicyclic) bond motifs is 2. The average molecular weight is 217 g/mol. The number of carbonyl (C=O) groups excluding carboxylic acids is 2. The standard InChI is InChI=1S/C10H13ClO3/c1-14-10(13)8-6-3-2-5(4-6)7(8)9(11)12/h5-8H,2-4H2,1H3/t5-,6+,7+,8+/m1/s1. The van der Waals surface area contributed by atoms with E-state index in [2.05, 4.69) is 0 Å². The highest BCUT2D eigenvalue weighted by molar-refractivity contribution is 6.64. The van der Waals surface area contributed by atoms with Crippen molar-refractivity contribution in [2.24, 2.45) is 23.7 Å². The molecule has 0 radical (unpaired) electrons. The van der Waals surface area contributed by atoms with Crippen LogP contribution < -0.4 is 0 Å². The second-order valence-corrected chi connectivity index (χ2v) is 4.58. The highest BCUT2D eigenvalue weighted by Gasteiger charge is 2.53. The zero-order valence-electron chi connectivity index (χ0n) is 8.03. The summed E-state index contributed by atoms with van der Waals surface area (Å²) in [4.78, 5) is 22.7. The van der Waals surface area contributed by atoms with Crippen LogP contribution in [-0.4, -0.2) is 18.3 Å². The Morgan fingerprint density at radius 1 is 1.21 bits per heavy atom. The van der Waals surface area contributed by atoms with Crippen LogP contribution in [0.5, 0.6) is 0 Å². The molecule has 0 spiro atoms. The summed E-state index contributed by atoms with van der Waals surface area (Å²) in [6, 6.07) is 0. The van der Waals surface area contributed by atoms with Gasteiger partial charge in [-0.25, -0.2) is 0 Å². The molecule has 2 aliphatic carbocycles. The van der Waals surface area contributed by atoms with Crippen LogP contribution in [0.15, 0.2) is 0 Å². The SMILES string of the molecule is COC(=O)[C@H]1[C@H]2CC[C@H](C2)[C@@H]1C(=O)Cl. The lowest BCUT2D eigenvalue weighted by Gasteiger charge is -2.25. The quantitative estimate of drug-likeness (QED) is 0.520. The molecule has 0 unspecified atom stereocenters. The molecule has 0 aromatic heterocycles. The number of hydrogen-bond acceptors (Lipinski definition) is 3. The largest absolute Gasteiger partial charge is 0.469 e. The van der Waals surface area contributed by atoms with Crippen LogP contribution in [0, 0.1) is 23.7 Å². The van der Waals surface area contributed by atoms with Gasteiger partial charge in [-0.3, -0.25) is 9.59 Å². The highest BCUT2D eigenvalue weighted by Crippen LogP contribution is 2.53. The molecule has 0 N–H and O–H groups in total. The average Bonchev–Trinajstić information content (AvgIpc) is 2.74. The molecule has 4 atom stereocenters. The summed E-state index contributed by atoms with van der Waals surface area (Å²) in [5.74, 6) is -0.197. The molecule has 0 aromatic rings. The van der Waals surface area contributed by atoms with Crippen LogP contribution in [-0.2, 0) is 14.3 Å². The van der Waals surface area contributed by atoms with E-state index in [4.69, 9.17) is 16.3 Å². The number of halogens is 1. The molecule has 0 saturated heterocycles. The van der Waals surface area contributed by atoms with Crippen LogP contribution in [0.4, 0.5) is 0 Å². The Kier molecular flexibility index (Phi) is 2.52. The summed E-state index contributed by atoms with van der Waals surface area (Å²) in [5.41, 5.74) is 0. The van der Waals surface area contributed by atoms with Crippen molar-refractivity contribution in [2.45, 2.75) is 19.3 Å². The van der Waals surface area contributed by atoms with E-state index in [9.17, 15) is 9.59 Å². The van der Waals surface area contributed by atoms with Gasteiger partial charge in [-0.2, -0.15) is 0 Å². The molecule has 2 rings (SSSR count). The van der Waals surface area contributed by atoms with Crippen LogP contribution >= 0.6 is 11.6 Å². The van der Waals surface area contributed by atoms with Gasteiger partial charge in [-0.1, -0.05) is 0 Å². The fourth-order valence-corrected chi connectivity index (χ4v) is 3.41. The summed E-state index contributed by atoms with van der Waals surface area (Å²) in [5, 5.41) is -0.368. The maximum atomic E-state index is 11.5. The van der Waals surface area contributed by atoms with E-state index in [-0.39, 0.29) is 23.0 Å². The number of methoxy groups -OCH3 is 1. The van der Waals surface area contributed by atoms with E-state index in [0.29, 0.717) is 11.8 Å². The first-order chi connectivity index (χ1) is 6.65. The summed E-state index contributed by atoms with van der Waals surface area (Å²) in [7, 11) is 1.37. The molecule has 78 valence electrons. The summed E-state index contributed by atoms with van der Waals surface area (Å²) < 4.78 is 4.72. The van der Waals surface area contributed by atoms with E-state index >= 15 is 0 Å². The van der Waals surface area contributed by atoms with Gasteiger partial charge in [0.15, 0.2) is 0 Å². The Balaban J connectivity index is 2.21. The Labute approximate surface area is 87.8 Å². The molecule has 3 nitrogen and oxygen atoms in total. The predicted octanol–water partition coefficient (Wildman–Crippen LogP) is 1.59. The first-order valence-electron chi connectivity index (χ1n) is 4.92. The van der Waals surface area contributed by atoms with Crippen molar-refractivity contribution in [3.05, 3.63) is 0 Å². The van der Waals surface area contributed by atoms with E-state index in [1.807, 2.05) is 0 Å². The van der Waals surface area contributed by atoms with E-state index in [1.54, 1.807) is 0 Å². The summed E-state index contributed by atoms with van der Waals surface area (Å²) in [6.45, 7) is 0. The number of hydrogen-bond donors (Lipinski definition) is 0. The molecule has 0 aliphatic heterocycles. The Morgan fingerprint density at radius 2 is 1.79 bits per heavy atom. The summed E-state index contributed by atoms with van der Waals surface area (Å²) in [6.07, 6.45) is 3.02. The minimum Gasteiger partial charge on any atom is -0.469 e. The monoisotopic (exact) mass is 216 g/mol. The molecular formula is C10H13ClO3. The van der Waals surface area contributed by atoms with Gasteiger partial charge in [-0.15, -0.1) is 0 Å². The van der Waals surface area contributed by atoms with Gasteiger partial charge in [-0.05, 0) is 42.7 Å². The summed E-state index contributed by atoms with van der Waals surface area (Å²) >= 11 is 5.53. The van der Waals surface area contributed by atoms with Gasteiger partial charge < -0.3 is 4.74 Å². The third-order valence-electron chi connectivity index (χ3n) is 3.65. The topological polar surface area (TPSA) is 43.4 Å². The van der Waals surface area contributed by atoms with Gasteiger partial charge in [0, 0.05) is 5.92 Å². The molecular weight excluding hydrogens is 204 g/mol. The molecule has 4 heteroatoms. The van der Waals surface area contributed by atoms with E-state index in [1.165, 1.54) is 7.11 Å². The van der Waals surface area contributed by atoms with E-state index < -0.39 is 0 Å². The van der Waals surface area contributed by atoms with Gasteiger partial charge >= 0.3 is 5.97 Å². The fraction of sp³-hybridized carbons (Fsp3) is 0.800. The fourth-order valence-electron chi connectivity index (χ4n) is 3.09. The minimum absolute atomic E-state index is 0.267. The van der Waals surface area contributed by atoms with Crippen LogP contribution in [0.25, 0.3) is 0 Å². The predicted molar refractivity (Wildman–Crippen MR) is 50.7 cm³/mol. The molecule has 0 heterocycles. The molecule has 2 saturated carbocycles. The number of rotatable bonds is 2. The van der Waals surface area contributed by atoms with E-state index in [0.717, 1.165) is 19.3 Å². The lowest BCUT2D eigenvalue weighted by Crippen LogP contribution is -2.33. The van der Waals surface area contributed by atoms with Crippen molar-refractivity contribution in [1.29, 1.82) is 0 Å². The Bertz CT molecular complexity index is 277. The number of carbonyl (C=O) groups is 2.